The Morgan fingerprint density at radius 3 is 2.21 bits per heavy atom. The van der Waals surface area contributed by atoms with Crippen molar-refractivity contribution in [2.75, 3.05) is 9.80 Å². The zero-order chi connectivity index (χ0) is 45.0. The number of rotatable bonds is 7. The van der Waals surface area contributed by atoms with Crippen LogP contribution in [0, 0.1) is 18.8 Å². The van der Waals surface area contributed by atoms with Crippen LogP contribution in [-0.4, -0.2) is 9.55 Å². The van der Waals surface area contributed by atoms with Crippen molar-refractivity contribution in [3.8, 4) is 28.4 Å². The summed E-state index contributed by atoms with van der Waals surface area (Å²) >= 11 is 0. The third kappa shape index (κ3) is 6.34. The van der Waals surface area contributed by atoms with Crippen molar-refractivity contribution in [2.45, 2.75) is 56.7 Å². The summed E-state index contributed by atoms with van der Waals surface area (Å²) in [7, 11) is 0. The smallest absolute Gasteiger partial charge is 0.135 e. The van der Waals surface area contributed by atoms with E-state index in [0.717, 1.165) is 44.6 Å². The first-order valence-corrected chi connectivity index (χ1v) is 21.4. The monoisotopic (exact) mass is 1000 g/mol. The van der Waals surface area contributed by atoms with Gasteiger partial charge in [-0.3, -0.25) is 0 Å². The van der Waals surface area contributed by atoms with Crippen molar-refractivity contribution in [3.63, 3.8) is 0 Å². The third-order valence-electron chi connectivity index (χ3n) is 13.0. The molecule has 0 unspecified atom stereocenters. The van der Waals surface area contributed by atoms with Crippen LogP contribution in [0.4, 0.5) is 22.7 Å². The van der Waals surface area contributed by atoms with E-state index in [-0.39, 0.29) is 39.3 Å². The van der Waals surface area contributed by atoms with Crippen molar-refractivity contribution in [1.29, 1.82) is 0 Å². The van der Waals surface area contributed by atoms with Gasteiger partial charge in [-0.05, 0) is 94.0 Å². The van der Waals surface area contributed by atoms with E-state index >= 15 is 0 Å². The summed E-state index contributed by atoms with van der Waals surface area (Å²) in [4.78, 5) is 9.28. The number of fused-ring (bicyclic) bond motifs is 7. The van der Waals surface area contributed by atoms with Crippen molar-refractivity contribution >= 4 is 44.6 Å². The molecule has 0 amide bonds. The summed E-state index contributed by atoms with van der Waals surface area (Å²) in [6.45, 7) is 6.74. The van der Waals surface area contributed by atoms with Gasteiger partial charge in [0.25, 0.3) is 0 Å². The molecule has 0 atom stereocenters. The molecule has 312 valence electrons. The zero-order valence-corrected chi connectivity index (χ0v) is 37.2. The zero-order valence-electron chi connectivity index (χ0n) is 38.9. The molecule has 12 rings (SSSR count). The molecule has 0 radical (unpaired) electrons. The fourth-order valence-electron chi connectivity index (χ4n) is 10.0. The maximum Gasteiger partial charge on any atom is 0.135 e. The van der Waals surface area contributed by atoms with Gasteiger partial charge in [0, 0.05) is 77.7 Å². The summed E-state index contributed by atoms with van der Waals surface area (Å²) in [5.41, 5.74) is 10.3. The standard InChI is InChI=1S/C57H45N4O.Pt/c1-56(2)49-22-9-7-20-45(49)46-28-26-42(36-50(46)56)60-38-59(52-24-11-12-25-53(52)60)41-18-15-19-43(35-41)62-44-27-29-48-47-21-8-10-23-51(47)61(54(48)37-44)55-34-40(30-33-58-55)57(31-13-4-14-32-57)39-16-5-3-6-17-39;/h3,5-12,15-30,33-34,36,38H,4,13-14,31-32H2,1-2H3;/q-3;/i31D2,32D2;. The topological polar surface area (TPSA) is 33.5 Å². The number of ether oxygens (including phenoxy) is 1. The van der Waals surface area contributed by atoms with Gasteiger partial charge >= 0.3 is 0 Å². The third-order valence-corrected chi connectivity index (χ3v) is 13.0. The second kappa shape index (κ2) is 15.4. The minimum Gasteiger partial charge on any atom is -0.509 e. The largest absolute Gasteiger partial charge is 0.509 e. The number of anilines is 4. The number of para-hydroxylation sites is 3. The Hall–Kier alpha value is -6.42. The first-order valence-electron chi connectivity index (χ1n) is 23.4. The van der Waals surface area contributed by atoms with Gasteiger partial charge in [0.05, 0.1) is 0 Å². The fraction of sp³-hybridized carbons (Fsp3) is 0.158. The number of benzene rings is 7. The van der Waals surface area contributed by atoms with E-state index in [1.807, 2.05) is 89.5 Å². The Balaban J connectivity index is 0.00000494. The van der Waals surface area contributed by atoms with Gasteiger partial charge in [0.1, 0.15) is 5.82 Å². The van der Waals surface area contributed by atoms with Crippen molar-refractivity contribution in [3.05, 3.63) is 211 Å². The maximum absolute atomic E-state index is 9.48. The molecule has 1 saturated carbocycles. The van der Waals surface area contributed by atoms with Gasteiger partial charge < -0.3 is 19.1 Å². The molecule has 2 aromatic heterocycles. The van der Waals surface area contributed by atoms with Gasteiger partial charge in [-0.2, -0.15) is 12.1 Å². The summed E-state index contributed by atoms with van der Waals surface area (Å²) in [6, 6.07) is 62.0. The number of hydrogen-bond donors (Lipinski definition) is 0. The van der Waals surface area contributed by atoms with Gasteiger partial charge in [-0.25, -0.2) is 4.98 Å². The van der Waals surface area contributed by atoms with Crippen molar-refractivity contribution in [1.82, 2.24) is 9.55 Å². The number of hydrogen-bond acceptors (Lipinski definition) is 4. The number of aromatic nitrogens is 2. The van der Waals surface area contributed by atoms with Crippen LogP contribution in [0.3, 0.4) is 0 Å². The molecular formula is C57H45N4OPt-3. The van der Waals surface area contributed by atoms with Crippen LogP contribution in [0.5, 0.6) is 11.5 Å². The van der Waals surface area contributed by atoms with Gasteiger partial charge in [0.2, 0.25) is 0 Å². The molecule has 5 nitrogen and oxygen atoms in total. The molecular weight excluding hydrogens is 952 g/mol. The summed E-state index contributed by atoms with van der Waals surface area (Å²) in [5.74, 6) is 1.56. The molecule has 1 aliphatic heterocycles. The first kappa shape index (κ1) is 35.1. The predicted molar refractivity (Wildman–Crippen MR) is 252 cm³/mol. The van der Waals surface area contributed by atoms with E-state index in [9.17, 15) is 5.48 Å². The Morgan fingerprint density at radius 2 is 1.35 bits per heavy atom. The Morgan fingerprint density at radius 1 is 0.619 bits per heavy atom. The Labute approximate surface area is 389 Å². The molecule has 9 aromatic rings. The molecule has 0 saturated heterocycles. The summed E-state index contributed by atoms with van der Waals surface area (Å²) in [5, 5.41) is 1.95. The van der Waals surface area contributed by atoms with Crippen LogP contribution in [-0.2, 0) is 31.9 Å². The Bertz CT molecular complexity index is 3370. The molecule has 0 spiro atoms. The average molecular weight is 1000 g/mol. The van der Waals surface area contributed by atoms with Crippen LogP contribution in [0.25, 0.3) is 38.8 Å². The molecule has 6 heteroatoms. The second-order valence-electron chi connectivity index (χ2n) is 16.9. The normalized spacial score (nSPS) is 18.3. The molecule has 1 fully saturated rings. The van der Waals surface area contributed by atoms with E-state index in [0.29, 0.717) is 34.9 Å². The fourth-order valence-corrected chi connectivity index (χ4v) is 10.0. The van der Waals surface area contributed by atoms with Crippen LogP contribution in [0.2, 0.25) is 0 Å². The minimum absolute atomic E-state index is 0. The summed E-state index contributed by atoms with van der Waals surface area (Å²) < 4.78 is 46.6. The van der Waals surface area contributed by atoms with Gasteiger partial charge in [0.15, 0.2) is 0 Å². The quantitative estimate of drug-likeness (QED) is 0.149. The maximum atomic E-state index is 9.48. The van der Waals surface area contributed by atoms with E-state index in [1.54, 1.807) is 12.3 Å². The summed E-state index contributed by atoms with van der Waals surface area (Å²) in [6.07, 6.45) is -1.14. The van der Waals surface area contributed by atoms with Crippen LogP contribution in [0.1, 0.15) is 73.6 Å². The molecule has 3 aliphatic rings. The molecule has 7 aromatic carbocycles. The number of pyridine rings is 1. The molecule has 2 aliphatic carbocycles. The van der Waals surface area contributed by atoms with Crippen molar-refractivity contribution in [2.24, 2.45) is 0 Å². The van der Waals surface area contributed by atoms with Crippen LogP contribution in [0.15, 0.2) is 170 Å². The molecule has 3 heterocycles. The molecule has 63 heavy (non-hydrogen) atoms. The van der Waals surface area contributed by atoms with Crippen LogP contribution < -0.4 is 14.5 Å². The molecule has 0 N–H and O–H groups in total. The average Bonchev–Trinajstić information content (AvgIpc) is 3.95. The van der Waals surface area contributed by atoms with Crippen molar-refractivity contribution < 1.29 is 31.3 Å². The minimum atomic E-state index is -1.88. The predicted octanol–water partition coefficient (Wildman–Crippen LogP) is 14.5. The first-order chi connectivity index (χ1) is 32.0. The van der Waals surface area contributed by atoms with E-state index in [4.69, 9.17) is 9.72 Å². The number of nitrogens with zero attached hydrogens (tertiary/aromatic N) is 4. The second-order valence-corrected chi connectivity index (χ2v) is 16.9. The molecule has 0 bridgehead atoms. The van der Waals surface area contributed by atoms with Gasteiger partial charge in [-0.15, -0.1) is 48.1 Å². The SMILES string of the molecule is [2H]C1([2H])CCCC([2H])([2H])C1(c1ccccc1)c1ccnc(-n2c3[c-]c(Oc4[c-]c(N5[CH-]N(c6ccc7c(c6)C(C)(C)c6ccccc6-7)c6ccccc65)ccc4)ccc3c3ccccc32)c1.[Pt]. The van der Waals surface area contributed by atoms with E-state index in [1.165, 1.54) is 22.3 Å². The van der Waals surface area contributed by atoms with Gasteiger partial charge in [-0.1, -0.05) is 130 Å². The van der Waals surface area contributed by atoms with E-state index in [2.05, 4.69) is 115 Å². The van der Waals surface area contributed by atoms with E-state index < -0.39 is 18.2 Å². The Kier molecular flexibility index (Phi) is 8.59. The van der Waals surface area contributed by atoms with Crippen LogP contribution >= 0.6 is 0 Å².